The Bertz CT molecular complexity index is 1020. The minimum Gasteiger partial charge on any atom is -0.508 e. The Balaban J connectivity index is 1.35. The van der Waals surface area contributed by atoms with Crippen molar-refractivity contribution in [3.8, 4) is 5.75 Å². The van der Waals surface area contributed by atoms with Crippen molar-refractivity contribution in [3.05, 3.63) is 58.9 Å². The molecule has 1 N–H and O–H groups in total. The summed E-state index contributed by atoms with van der Waals surface area (Å²) in [7, 11) is 0. The lowest BCUT2D eigenvalue weighted by Crippen LogP contribution is -2.26. The molecule has 36 heavy (non-hydrogen) atoms. The number of ether oxygens (including phenoxy) is 1. The zero-order valence-corrected chi connectivity index (χ0v) is 21.0. The molecule has 3 nitrogen and oxygen atoms in total. The van der Waals surface area contributed by atoms with Gasteiger partial charge in [0.25, 0.3) is 0 Å². The maximum Gasteiger partial charge on any atom is 0.248 e. The summed E-state index contributed by atoms with van der Waals surface area (Å²) in [6.07, 6.45) is 12.8. The smallest absolute Gasteiger partial charge is 0.248 e. The van der Waals surface area contributed by atoms with Gasteiger partial charge in [0.05, 0.1) is 6.67 Å². The molecule has 4 aliphatic rings. The van der Waals surface area contributed by atoms with Gasteiger partial charge < -0.3 is 9.84 Å². The third-order valence-electron chi connectivity index (χ3n) is 8.40. The summed E-state index contributed by atoms with van der Waals surface area (Å²) >= 11 is 0. The second-order valence-corrected chi connectivity index (χ2v) is 10.9. The van der Waals surface area contributed by atoms with E-state index >= 15 is 0 Å². The zero-order valence-electron chi connectivity index (χ0n) is 21.0. The summed E-state index contributed by atoms with van der Waals surface area (Å²) in [5.41, 5.74) is 4.95. The molecule has 6 heteroatoms. The maximum atomic E-state index is 14.0. The summed E-state index contributed by atoms with van der Waals surface area (Å²) in [6.45, 7) is 2.30. The molecule has 0 spiro atoms. The molecule has 196 valence electrons. The Morgan fingerprint density at radius 2 is 1.94 bits per heavy atom. The Labute approximate surface area is 212 Å². The van der Waals surface area contributed by atoms with E-state index in [-0.39, 0.29) is 43.2 Å². The summed E-state index contributed by atoms with van der Waals surface area (Å²) in [6, 6.07) is 5.65. The van der Waals surface area contributed by atoms with E-state index in [9.17, 15) is 18.3 Å². The van der Waals surface area contributed by atoms with E-state index in [1.165, 1.54) is 16.7 Å². The number of halogens is 3. The number of benzene rings is 1. The van der Waals surface area contributed by atoms with Gasteiger partial charge in [-0.3, -0.25) is 9.29 Å². The fourth-order valence-electron chi connectivity index (χ4n) is 6.55. The number of aryl methyl sites for hydroxylation is 1. The molecule has 1 saturated heterocycles. The molecule has 3 aliphatic carbocycles. The van der Waals surface area contributed by atoms with Crippen LogP contribution in [0.1, 0.15) is 68.9 Å². The third kappa shape index (κ3) is 5.85. The molecule has 0 amide bonds. The summed E-state index contributed by atoms with van der Waals surface area (Å²) in [5.74, 6) is -1.00. The van der Waals surface area contributed by atoms with Crippen LogP contribution in [0.4, 0.5) is 13.2 Å². The van der Waals surface area contributed by atoms with Crippen molar-refractivity contribution < 1.29 is 23.0 Å². The second kappa shape index (κ2) is 11.0. The highest BCUT2D eigenvalue weighted by Crippen LogP contribution is 2.47. The lowest BCUT2D eigenvalue weighted by atomic mass is 9.74. The molecule has 0 bridgehead atoms. The van der Waals surface area contributed by atoms with Gasteiger partial charge in [-0.05, 0) is 98.3 Å². The van der Waals surface area contributed by atoms with E-state index < -0.39 is 5.92 Å². The normalized spacial score (nSPS) is 27.0. The van der Waals surface area contributed by atoms with Crippen molar-refractivity contribution in [1.82, 2.24) is 4.90 Å². The van der Waals surface area contributed by atoms with Crippen LogP contribution in [0, 0.1) is 11.8 Å². The van der Waals surface area contributed by atoms with Gasteiger partial charge in [-0.1, -0.05) is 17.7 Å². The first-order valence-electron chi connectivity index (χ1n) is 13.7. The number of fused-ring (bicyclic) bond motifs is 1. The summed E-state index contributed by atoms with van der Waals surface area (Å²) < 4.78 is 46.7. The first-order chi connectivity index (χ1) is 17.4. The highest BCUT2D eigenvalue weighted by Gasteiger charge is 2.38. The number of hydrogen-bond acceptors (Lipinski definition) is 3. The molecule has 5 rings (SSSR count). The van der Waals surface area contributed by atoms with E-state index in [0.29, 0.717) is 19.3 Å². The molecule has 1 saturated carbocycles. The summed E-state index contributed by atoms with van der Waals surface area (Å²) in [4.78, 5) is 2.27. The molecule has 1 heterocycles. The average Bonchev–Trinajstić information content (AvgIpc) is 3.22. The van der Waals surface area contributed by atoms with Crippen LogP contribution < -0.4 is 0 Å². The Morgan fingerprint density at radius 1 is 1.11 bits per heavy atom. The van der Waals surface area contributed by atoms with Gasteiger partial charge >= 0.3 is 0 Å². The minimum atomic E-state index is -2.53. The number of aromatic hydroxyl groups is 1. The van der Waals surface area contributed by atoms with Crippen molar-refractivity contribution in [2.75, 3.05) is 26.3 Å². The van der Waals surface area contributed by atoms with Gasteiger partial charge in [-0.15, -0.1) is 0 Å². The second-order valence-electron chi connectivity index (χ2n) is 10.9. The third-order valence-corrected chi connectivity index (χ3v) is 8.40. The van der Waals surface area contributed by atoms with Crippen LogP contribution in [-0.2, 0) is 11.2 Å². The largest absolute Gasteiger partial charge is 0.508 e. The van der Waals surface area contributed by atoms with Crippen molar-refractivity contribution in [1.29, 1.82) is 0 Å². The number of hydrogen-bond donors (Lipinski definition) is 1. The number of phenols is 1. The average molecular weight is 502 g/mol. The molecule has 1 aromatic rings. The molecule has 1 unspecified atom stereocenters. The molecular weight excluding hydrogens is 463 g/mol. The molecule has 0 aromatic heterocycles. The predicted molar refractivity (Wildman–Crippen MR) is 137 cm³/mol. The number of nitrogens with zero attached hydrogens (tertiary/aromatic N) is 1. The fourth-order valence-corrected chi connectivity index (χ4v) is 6.55. The molecule has 2 atom stereocenters. The van der Waals surface area contributed by atoms with Crippen LogP contribution in [0.3, 0.4) is 0 Å². The highest BCUT2D eigenvalue weighted by atomic mass is 19.3. The van der Waals surface area contributed by atoms with Crippen LogP contribution in [0.15, 0.2) is 47.8 Å². The zero-order chi connectivity index (χ0) is 25.1. The van der Waals surface area contributed by atoms with Gasteiger partial charge in [-0.25, -0.2) is 8.78 Å². The Morgan fingerprint density at radius 3 is 2.69 bits per heavy atom. The van der Waals surface area contributed by atoms with Crippen LogP contribution in [0.25, 0.3) is 5.57 Å². The van der Waals surface area contributed by atoms with E-state index in [2.05, 4.69) is 23.1 Å². The van der Waals surface area contributed by atoms with E-state index in [1.54, 1.807) is 6.07 Å². The first-order valence-corrected chi connectivity index (χ1v) is 13.7. The van der Waals surface area contributed by atoms with Crippen molar-refractivity contribution in [3.63, 3.8) is 0 Å². The number of phenolic OH excluding ortho intramolecular Hbond substituents is 1. The standard InChI is InChI=1S/C30H38F3NO2/c31-16-2-17-34-18-13-26(20-34)36-25-8-5-22(6-9-25)29-27(21-11-14-30(32,33)15-12-21)4-1-3-23-19-24(35)7-10-28(23)29/h5,7-10,19,21-22,26,35H,1-4,6,11-18,20H2/t22?,26-/m0/s1. The number of rotatable bonds is 7. The fraction of sp³-hybridized carbons (Fsp3) is 0.600. The van der Waals surface area contributed by atoms with E-state index in [4.69, 9.17) is 4.74 Å². The Kier molecular flexibility index (Phi) is 7.80. The molecule has 0 radical (unpaired) electrons. The quantitative estimate of drug-likeness (QED) is 0.428. The number of alkyl halides is 3. The van der Waals surface area contributed by atoms with Crippen molar-refractivity contribution in [2.45, 2.75) is 76.2 Å². The van der Waals surface area contributed by atoms with Crippen molar-refractivity contribution in [2.24, 2.45) is 11.8 Å². The maximum absolute atomic E-state index is 14.0. The van der Waals surface area contributed by atoms with Gasteiger partial charge in [0.15, 0.2) is 0 Å². The van der Waals surface area contributed by atoms with E-state index in [0.717, 1.165) is 63.1 Å². The number of likely N-dealkylation sites (tertiary alicyclic amines) is 1. The molecule has 1 aromatic carbocycles. The topological polar surface area (TPSA) is 32.7 Å². The lowest BCUT2D eigenvalue weighted by Gasteiger charge is -2.33. The van der Waals surface area contributed by atoms with Crippen LogP contribution in [-0.4, -0.2) is 48.3 Å². The SMILES string of the molecule is Oc1ccc2c(c1)CCCC(C1CCC(F)(F)CC1)=C2C1C=CC(O[C@H]2CCN(CCCF)C2)=CC1. The van der Waals surface area contributed by atoms with Crippen LogP contribution in [0.2, 0.25) is 0 Å². The lowest BCUT2D eigenvalue weighted by molar-refractivity contribution is -0.0423. The van der Waals surface area contributed by atoms with Gasteiger partial charge in [0, 0.05) is 38.4 Å². The van der Waals surface area contributed by atoms with E-state index in [1.807, 2.05) is 12.1 Å². The Hall–Kier alpha value is -2.21. The van der Waals surface area contributed by atoms with Gasteiger partial charge in [0.1, 0.15) is 17.6 Å². The van der Waals surface area contributed by atoms with Crippen molar-refractivity contribution >= 4 is 5.57 Å². The molecule has 2 fully saturated rings. The van der Waals surface area contributed by atoms with Crippen LogP contribution in [0.5, 0.6) is 5.75 Å². The van der Waals surface area contributed by atoms with Crippen LogP contribution >= 0.6 is 0 Å². The first kappa shape index (κ1) is 25.4. The molecular formula is C30H38F3NO2. The molecule has 1 aliphatic heterocycles. The number of allylic oxidation sites excluding steroid dienone is 5. The van der Waals surface area contributed by atoms with Gasteiger partial charge in [-0.2, -0.15) is 0 Å². The predicted octanol–water partition coefficient (Wildman–Crippen LogP) is 7.22. The van der Waals surface area contributed by atoms with Gasteiger partial charge in [0.2, 0.25) is 5.92 Å². The highest BCUT2D eigenvalue weighted by molar-refractivity contribution is 5.76. The minimum absolute atomic E-state index is 0.0288. The monoisotopic (exact) mass is 501 g/mol. The summed E-state index contributed by atoms with van der Waals surface area (Å²) in [5, 5.41) is 10.1.